The summed E-state index contributed by atoms with van der Waals surface area (Å²) in [5.41, 5.74) is 1.36. The first-order valence-corrected chi connectivity index (χ1v) is 8.41. The Kier molecular flexibility index (Phi) is 4.65. The largest absolute Gasteiger partial charge is 0.351 e. The number of thioether (sulfide) groups is 1. The third-order valence-corrected chi connectivity index (χ3v) is 5.01. The molecule has 2 heterocycles. The third kappa shape index (κ3) is 3.42. The molecule has 0 aliphatic heterocycles. The van der Waals surface area contributed by atoms with Gasteiger partial charge in [-0.05, 0) is 17.5 Å². The average Bonchev–Trinajstić information content (AvgIpc) is 3.01. The molecular formula is C15H12FN3OS2. The summed E-state index contributed by atoms with van der Waals surface area (Å²) in [6, 6.07) is 8.32. The molecule has 7 heteroatoms. The van der Waals surface area contributed by atoms with Crippen LogP contribution in [0.25, 0.3) is 10.2 Å². The van der Waals surface area contributed by atoms with Crippen molar-refractivity contribution in [2.45, 2.75) is 11.6 Å². The van der Waals surface area contributed by atoms with E-state index in [0.717, 1.165) is 15.2 Å². The van der Waals surface area contributed by atoms with E-state index in [1.54, 1.807) is 29.5 Å². The fourth-order valence-corrected chi connectivity index (χ4v) is 3.67. The minimum absolute atomic E-state index is 0.156. The molecule has 1 aromatic carbocycles. The molecule has 0 saturated carbocycles. The van der Waals surface area contributed by atoms with Gasteiger partial charge in [-0.25, -0.2) is 14.4 Å². The number of nitrogens with zero attached hydrogens (tertiary/aromatic N) is 2. The molecule has 112 valence electrons. The molecule has 0 saturated heterocycles. The topological polar surface area (TPSA) is 54.9 Å². The monoisotopic (exact) mass is 333 g/mol. The maximum absolute atomic E-state index is 13.5. The van der Waals surface area contributed by atoms with Gasteiger partial charge in [-0.1, -0.05) is 30.0 Å². The van der Waals surface area contributed by atoms with Crippen molar-refractivity contribution in [2.75, 3.05) is 5.75 Å². The van der Waals surface area contributed by atoms with Crippen LogP contribution < -0.4 is 5.32 Å². The highest BCUT2D eigenvalue weighted by atomic mass is 32.2. The van der Waals surface area contributed by atoms with Crippen molar-refractivity contribution in [1.29, 1.82) is 0 Å². The van der Waals surface area contributed by atoms with Crippen LogP contribution in [0.2, 0.25) is 0 Å². The predicted octanol–water partition coefficient (Wildman–Crippen LogP) is 3.24. The quantitative estimate of drug-likeness (QED) is 0.575. The molecule has 0 spiro atoms. The highest BCUT2D eigenvalue weighted by Crippen LogP contribution is 2.28. The number of halogens is 1. The van der Waals surface area contributed by atoms with E-state index in [1.165, 1.54) is 24.2 Å². The summed E-state index contributed by atoms with van der Waals surface area (Å²) in [6.07, 6.45) is 1.49. The number of hydrogen-bond donors (Lipinski definition) is 1. The van der Waals surface area contributed by atoms with E-state index in [0.29, 0.717) is 5.56 Å². The van der Waals surface area contributed by atoms with Crippen LogP contribution in [0.1, 0.15) is 5.56 Å². The standard InChI is InChI=1S/C15H12FN3OS2/c16-11-4-2-1-3-10(11)7-17-13(20)8-22-15-14-12(5-6-21-14)18-9-19-15/h1-6,9H,7-8H2,(H,17,20). The number of fused-ring (bicyclic) bond motifs is 1. The lowest BCUT2D eigenvalue weighted by molar-refractivity contribution is -0.118. The number of benzene rings is 1. The normalized spacial score (nSPS) is 10.8. The first kappa shape index (κ1) is 14.9. The molecule has 22 heavy (non-hydrogen) atoms. The first-order valence-electron chi connectivity index (χ1n) is 6.55. The van der Waals surface area contributed by atoms with E-state index < -0.39 is 0 Å². The second-order valence-electron chi connectivity index (χ2n) is 4.47. The van der Waals surface area contributed by atoms with Gasteiger partial charge in [0.05, 0.1) is 16.0 Å². The van der Waals surface area contributed by atoms with Crippen molar-refractivity contribution in [2.24, 2.45) is 0 Å². The number of thiophene rings is 1. The number of aromatic nitrogens is 2. The molecule has 2 aromatic heterocycles. The van der Waals surface area contributed by atoms with Gasteiger partial charge in [-0.2, -0.15) is 0 Å². The van der Waals surface area contributed by atoms with E-state index in [9.17, 15) is 9.18 Å². The Morgan fingerprint density at radius 3 is 3.00 bits per heavy atom. The van der Waals surface area contributed by atoms with Crippen molar-refractivity contribution >= 4 is 39.2 Å². The van der Waals surface area contributed by atoms with Crippen LogP contribution in [-0.4, -0.2) is 21.6 Å². The maximum Gasteiger partial charge on any atom is 0.230 e. The minimum atomic E-state index is -0.313. The highest BCUT2D eigenvalue weighted by molar-refractivity contribution is 8.00. The smallest absolute Gasteiger partial charge is 0.230 e. The summed E-state index contributed by atoms with van der Waals surface area (Å²) in [7, 11) is 0. The average molecular weight is 333 g/mol. The molecule has 4 nitrogen and oxygen atoms in total. The lowest BCUT2D eigenvalue weighted by Crippen LogP contribution is -2.25. The summed E-state index contributed by atoms with van der Waals surface area (Å²) in [5.74, 6) is -0.235. The second kappa shape index (κ2) is 6.85. The molecule has 0 fully saturated rings. The van der Waals surface area contributed by atoms with Crippen molar-refractivity contribution in [3.63, 3.8) is 0 Å². The van der Waals surface area contributed by atoms with Gasteiger partial charge in [0.2, 0.25) is 5.91 Å². The molecule has 0 unspecified atom stereocenters. The van der Waals surface area contributed by atoms with Gasteiger partial charge in [-0.15, -0.1) is 11.3 Å². The Bertz CT molecular complexity index is 806. The van der Waals surface area contributed by atoms with E-state index in [2.05, 4.69) is 15.3 Å². The van der Waals surface area contributed by atoms with Gasteiger partial charge in [0, 0.05) is 12.1 Å². The Morgan fingerprint density at radius 2 is 2.14 bits per heavy atom. The third-order valence-electron chi connectivity index (χ3n) is 2.98. The Hall–Kier alpha value is -1.99. The Morgan fingerprint density at radius 1 is 1.27 bits per heavy atom. The minimum Gasteiger partial charge on any atom is -0.351 e. The lowest BCUT2D eigenvalue weighted by atomic mass is 10.2. The van der Waals surface area contributed by atoms with E-state index in [4.69, 9.17) is 0 Å². The zero-order valence-electron chi connectivity index (χ0n) is 11.5. The van der Waals surface area contributed by atoms with Crippen molar-refractivity contribution in [1.82, 2.24) is 15.3 Å². The van der Waals surface area contributed by atoms with Crippen LogP contribution in [0, 0.1) is 5.82 Å². The van der Waals surface area contributed by atoms with Crippen LogP contribution >= 0.6 is 23.1 Å². The van der Waals surface area contributed by atoms with E-state index in [-0.39, 0.29) is 24.0 Å². The predicted molar refractivity (Wildman–Crippen MR) is 86.4 cm³/mol. The number of hydrogen-bond acceptors (Lipinski definition) is 5. The van der Waals surface area contributed by atoms with Gasteiger partial charge in [0.25, 0.3) is 0 Å². The number of carbonyl (C=O) groups is 1. The number of carbonyl (C=O) groups excluding carboxylic acids is 1. The highest BCUT2D eigenvalue weighted by Gasteiger charge is 2.09. The molecule has 0 radical (unpaired) electrons. The molecule has 0 atom stereocenters. The molecule has 3 rings (SSSR count). The molecule has 0 aliphatic carbocycles. The van der Waals surface area contributed by atoms with Gasteiger partial charge in [0.15, 0.2) is 0 Å². The summed E-state index contributed by atoms with van der Waals surface area (Å²) < 4.78 is 14.4. The zero-order valence-corrected chi connectivity index (χ0v) is 13.1. The molecule has 1 N–H and O–H groups in total. The molecular weight excluding hydrogens is 321 g/mol. The summed E-state index contributed by atoms with van der Waals surface area (Å²) >= 11 is 2.91. The fraction of sp³-hybridized carbons (Fsp3) is 0.133. The van der Waals surface area contributed by atoms with Gasteiger partial charge in [0.1, 0.15) is 17.2 Å². The zero-order chi connectivity index (χ0) is 15.4. The van der Waals surface area contributed by atoms with Crippen LogP contribution in [-0.2, 0) is 11.3 Å². The van der Waals surface area contributed by atoms with Gasteiger partial charge < -0.3 is 5.32 Å². The van der Waals surface area contributed by atoms with E-state index in [1.807, 2.05) is 11.4 Å². The molecule has 0 aliphatic rings. The summed E-state index contributed by atoms with van der Waals surface area (Å²) in [6.45, 7) is 0.185. The molecule has 1 amide bonds. The lowest BCUT2D eigenvalue weighted by Gasteiger charge is -2.06. The molecule has 0 bridgehead atoms. The number of nitrogens with one attached hydrogen (secondary N) is 1. The Labute approximate surface area is 134 Å². The number of rotatable bonds is 5. The van der Waals surface area contributed by atoms with Crippen molar-refractivity contribution in [3.8, 4) is 0 Å². The van der Waals surface area contributed by atoms with Gasteiger partial charge in [-0.3, -0.25) is 4.79 Å². The maximum atomic E-state index is 13.5. The van der Waals surface area contributed by atoms with Crippen LogP contribution in [0.15, 0.2) is 47.1 Å². The SMILES string of the molecule is O=C(CSc1ncnc2ccsc12)NCc1ccccc1F. The van der Waals surface area contributed by atoms with Crippen LogP contribution in [0.3, 0.4) is 0 Å². The Balaban J connectivity index is 1.56. The van der Waals surface area contributed by atoms with Crippen LogP contribution in [0.4, 0.5) is 4.39 Å². The molecule has 3 aromatic rings. The second-order valence-corrected chi connectivity index (χ2v) is 6.35. The number of amides is 1. The van der Waals surface area contributed by atoms with Gasteiger partial charge >= 0.3 is 0 Å². The summed E-state index contributed by atoms with van der Waals surface area (Å²) in [4.78, 5) is 20.2. The van der Waals surface area contributed by atoms with Crippen molar-refractivity contribution < 1.29 is 9.18 Å². The first-order chi connectivity index (χ1) is 10.7. The summed E-state index contributed by atoms with van der Waals surface area (Å²) in [5, 5.41) is 5.45. The fourth-order valence-electron chi connectivity index (χ4n) is 1.89. The van der Waals surface area contributed by atoms with Crippen molar-refractivity contribution in [3.05, 3.63) is 53.4 Å². The van der Waals surface area contributed by atoms with Crippen LogP contribution in [0.5, 0.6) is 0 Å². The van der Waals surface area contributed by atoms with E-state index >= 15 is 0 Å².